The third-order valence-electron chi connectivity index (χ3n) is 4.55. The number of hydrogen-bond donors (Lipinski definition) is 1. The van der Waals surface area contributed by atoms with Crippen LogP contribution >= 0.6 is 27.3 Å². The van der Waals surface area contributed by atoms with Crippen molar-refractivity contribution in [2.75, 3.05) is 39.8 Å². The lowest BCUT2D eigenvalue weighted by Gasteiger charge is -2.34. The van der Waals surface area contributed by atoms with Crippen LogP contribution in [-0.4, -0.2) is 55.5 Å². The second-order valence-electron chi connectivity index (χ2n) is 6.55. The van der Waals surface area contributed by atoms with Crippen LogP contribution in [0, 0.1) is 0 Å². The number of amides is 1. The van der Waals surface area contributed by atoms with Gasteiger partial charge in [0.1, 0.15) is 0 Å². The van der Waals surface area contributed by atoms with Gasteiger partial charge in [0.05, 0.1) is 9.83 Å². The molecule has 1 aromatic carbocycles. The van der Waals surface area contributed by atoms with Gasteiger partial charge in [-0.2, -0.15) is 0 Å². The van der Waals surface area contributed by atoms with Crippen LogP contribution in [0.15, 0.2) is 52.3 Å². The third-order valence-corrected chi connectivity index (χ3v) is 6.14. The molecule has 0 saturated carbocycles. The summed E-state index contributed by atoms with van der Waals surface area (Å²) in [5, 5.41) is 3.18. The maximum Gasteiger partial charge on any atom is 0.244 e. The van der Waals surface area contributed by atoms with Gasteiger partial charge in [-0.3, -0.25) is 9.69 Å². The number of halogens is 1. The lowest BCUT2D eigenvalue weighted by Crippen LogP contribution is -2.47. The van der Waals surface area contributed by atoms with Crippen molar-refractivity contribution in [1.29, 1.82) is 0 Å². The monoisotopic (exact) mass is 433 g/mol. The topological polar surface area (TPSA) is 35.6 Å². The van der Waals surface area contributed by atoms with Gasteiger partial charge in [0.15, 0.2) is 0 Å². The predicted octanol–water partition coefficient (Wildman–Crippen LogP) is 3.63. The quantitative estimate of drug-likeness (QED) is 0.706. The molecule has 26 heavy (non-hydrogen) atoms. The molecule has 1 atom stereocenters. The van der Waals surface area contributed by atoms with Crippen LogP contribution in [0.4, 0.5) is 0 Å². The fraction of sp³-hybridized carbons (Fsp3) is 0.350. The summed E-state index contributed by atoms with van der Waals surface area (Å²) in [5.74, 6) is -0.0579. The summed E-state index contributed by atoms with van der Waals surface area (Å²) >= 11 is 5.06. The maximum absolute atomic E-state index is 12.5. The Labute approximate surface area is 167 Å². The van der Waals surface area contributed by atoms with Gasteiger partial charge < -0.3 is 10.2 Å². The van der Waals surface area contributed by atoms with Crippen LogP contribution in [-0.2, 0) is 4.79 Å². The smallest absolute Gasteiger partial charge is 0.244 e. The van der Waals surface area contributed by atoms with Crippen LogP contribution < -0.4 is 5.32 Å². The van der Waals surface area contributed by atoms with E-state index in [1.54, 1.807) is 17.4 Å². The molecule has 3 rings (SSSR count). The molecule has 1 N–H and O–H groups in total. The highest BCUT2D eigenvalue weighted by Crippen LogP contribution is 2.23. The Balaban J connectivity index is 1.65. The van der Waals surface area contributed by atoms with Gasteiger partial charge in [0, 0.05) is 43.7 Å². The summed E-state index contributed by atoms with van der Waals surface area (Å²) in [4.78, 5) is 18.3. The van der Waals surface area contributed by atoms with E-state index in [9.17, 15) is 4.79 Å². The minimum Gasteiger partial charge on any atom is -0.344 e. The maximum atomic E-state index is 12.5. The van der Waals surface area contributed by atoms with E-state index in [-0.39, 0.29) is 11.9 Å². The number of carbonyl (C=O) groups is 1. The number of rotatable bonds is 6. The minimum absolute atomic E-state index is 0.00757. The largest absolute Gasteiger partial charge is 0.344 e. The highest BCUT2D eigenvalue weighted by Gasteiger charge is 2.20. The standard InChI is InChI=1S/C20H24BrN3OS/c1-23-11-13-24(14-12-23)15-18(16-5-3-2-4-6-16)22-20(25)10-8-17-7-9-19(21)26-17/h2-10,18H,11-15H2,1H3,(H,22,25)/b10-8+. The molecule has 1 fully saturated rings. The molecule has 0 aliphatic carbocycles. The molecule has 2 heterocycles. The molecule has 4 nitrogen and oxygen atoms in total. The molecule has 1 unspecified atom stereocenters. The van der Waals surface area contributed by atoms with Gasteiger partial charge in [-0.25, -0.2) is 0 Å². The molecule has 1 aliphatic heterocycles. The Bertz CT molecular complexity index is 739. The van der Waals surface area contributed by atoms with Crippen LogP contribution in [0.5, 0.6) is 0 Å². The van der Waals surface area contributed by atoms with Gasteiger partial charge in [-0.05, 0) is 46.7 Å². The van der Waals surface area contributed by atoms with Gasteiger partial charge in [0.2, 0.25) is 5.91 Å². The average Bonchev–Trinajstić information content (AvgIpc) is 3.07. The zero-order valence-electron chi connectivity index (χ0n) is 14.9. The number of carbonyl (C=O) groups excluding carboxylic acids is 1. The molecule has 138 valence electrons. The number of nitrogens with zero attached hydrogens (tertiary/aromatic N) is 2. The third kappa shape index (κ3) is 5.77. The van der Waals surface area contributed by atoms with E-state index >= 15 is 0 Å². The van der Waals surface area contributed by atoms with Crippen molar-refractivity contribution in [2.24, 2.45) is 0 Å². The van der Waals surface area contributed by atoms with Gasteiger partial charge >= 0.3 is 0 Å². The second-order valence-corrected chi connectivity index (χ2v) is 9.05. The van der Waals surface area contributed by atoms with Gasteiger partial charge in [-0.15, -0.1) is 11.3 Å². The van der Waals surface area contributed by atoms with E-state index in [4.69, 9.17) is 0 Å². The summed E-state index contributed by atoms with van der Waals surface area (Å²) in [6, 6.07) is 14.2. The van der Waals surface area contributed by atoms with Crippen LogP contribution in [0.25, 0.3) is 6.08 Å². The number of piperazine rings is 1. The predicted molar refractivity (Wildman–Crippen MR) is 112 cm³/mol. The second kappa shape index (κ2) is 9.46. The van der Waals surface area contributed by atoms with E-state index in [0.717, 1.165) is 47.0 Å². The molecule has 6 heteroatoms. The highest BCUT2D eigenvalue weighted by atomic mass is 79.9. The fourth-order valence-corrected chi connectivity index (χ4v) is 4.33. The summed E-state index contributed by atoms with van der Waals surface area (Å²) in [6.07, 6.45) is 3.49. The van der Waals surface area contributed by atoms with Crippen LogP contribution in [0.3, 0.4) is 0 Å². The lowest BCUT2D eigenvalue weighted by molar-refractivity contribution is -0.117. The van der Waals surface area contributed by atoms with Crippen molar-refractivity contribution in [2.45, 2.75) is 6.04 Å². The zero-order chi connectivity index (χ0) is 18.4. The van der Waals surface area contributed by atoms with Gasteiger partial charge in [-0.1, -0.05) is 30.3 Å². The fourth-order valence-electron chi connectivity index (χ4n) is 3.00. The molecule has 1 aliphatic rings. The normalized spacial score (nSPS) is 17.5. The number of hydrogen-bond acceptors (Lipinski definition) is 4. The first-order chi connectivity index (χ1) is 12.6. The molecule has 1 aromatic heterocycles. The first kappa shape index (κ1) is 19.3. The number of likely N-dealkylation sites (N-methyl/N-ethyl adjacent to an activating group) is 1. The molecular weight excluding hydrogens is 410 g/mol. The molecule has 1 saturated heterocycles. The zero-order valence-corrected chi connectivity index (χ0v) is 17.3. The molecule has 2 aromatic rings. The van der Waals surface area contributed by atoms with E-state index in [1.807, 2.05) is 36.4 Å². The average molecular weight is 434 g/mol. The molecule has 0 spiro atoms. The lowest BCUT2D eigenvalue weighted by atomic mass is 10.1. The summed E-state index contributed by atoms with van der Waals surface area (Å²) in [6.45, 7) is 5.05. The molecule has 1 amide bonds. The summed E-state index contributed by atoms with van der Waals surface area (Å²) < 4.78 is 1.06. The highest BCUT2D eigenvalue weighted by molar-refractivity contribution is 9.11. The van der Waals surface area contributed by atoms with Gasteiger partial charge in [0.25, 0.3) is 0 Å². The summed E-state index contributed by atoms with van der Waals surface area (Å²) in [7, 11) is 2.15. The van der Waals surface area contributed by atoms with E-state index < -0.39 is 0 Å². The van der Waals surface area contributed by atoms with Crippen molar-refractivity contribution in [3.05, 3.63) is 62.8 Å². The van der Waals surface area contributed by atoms with Crippen molar-refractivity contribution < 1.29 is 4.79 Å². The first-order valence-electron chi connectivity index (χ1n) is 8.80. The van der Waals surface area contributed by atoms with Crippen molar-refractivity contribution >= 4 is 39.2 Å². The van der Waals surface area contributed by atoms with Crippen LogP contribution in [0.2, 0.25) is 0 Å². The Morgan fingerprint density at radius 2 is 1.92 bits per heavy atom. The number of benzene rings is 1. The van der Waals surface area contributed by atoms with Crippen molar-refractivity contribution in [3.8, 4) is 0 Å². The Kier molecular flexibility index (Phi) is 7.02. The minimum atomic E-state index is -0.0579. The number of thiophene rings is 1. The molecular formula is C20H24BrN3OS. The Morgan fingerprint density at radius 1 is 1.19 bits per heavy atom. The Morgan fingerprint density at radius 3 is 2.58 bits per heavy atom. The first-order valence-corrected chi connectivity index (χ1v) is 10.4. The van der Waals surface area contributed by atoms with Crippen LogP contribution in [0.1, 0.15) is 16.5 Å². The van der Waals surface area contributed by atoms with E-state index in [1.165, 1.54) is 0 Å². The number of nitrogens with one attached hydrogen (secondary N) is 1. The SMILES string of the molecule is CN1CCN(CC(NC(=O)/C=C/c2ccc(Br)s2)c2ccccc2)CC1. The van der Waals surface area contributed by atoms with Crippen molar-refractivity contribution in [3.63, 3.8) is 0 Å². The molecule has 0 bridgehead atoms. The Hall–Kier alpha value is -1.47. The summed E-state index contributed by atoms with van der Waals surface area (Å²) in [5.41, 5.74) is 1.15. The van der Waals surface area contributed by atoms with Crippen molar-refractivity contribution in [1.82, 2.24) is 15.1 Å². The van der Waals surface area contributed by atoms with E-state index in [2.05, 4.69) is 50.2 Å². The van der Waals surface area contributed by atoms with E-state index in [0.29, 0.717) is 0 Å². The molecule has 0 radical (unpaired) electrons.